The maximum Gasteiger partial charge on any atom is 0.231 e. The molecule has 1 aliphatic rings. The summed E-state index contributed by atoms with van der Waals surface area (Å²) in [6.45, 7) is 2.73. The summed E-state index contributed by atoms with van der Waals surface area (Å²) in [5.41, 5.74) is 1.00. The summed E-state index contributed by atoms with van der Waals surface area (Å²) in [6, 6.07) is 7.63. The zero-order valence-corrected chi connectivity index (χ0v) is 12.1. The van der Waals surface area contributed by atoms with Gasteiger partial charge in [0.2, 0.25) is 12.5 Å². The van der Waals surface area contributed by atoms with Crippen LogP contribution in [-0.4, -0.2) is 13.9 Å². The molecule has 1 aromatic heterocycles. The number of hydrogen-bond donors (Lipinski definition) is 0. The average Bonchev–Trinajstić information content (AvgIpc) is 3.17. The monoisotopic (exact) mass is 290 g/mol. The molecule has 0 saturated carbocycles. The molecule has 0 amide bonds. The lowest BCUT2D eigenvalue weighted by atomic mass is 10.1. The van der Waals surface area contributed by atoms with E-state index in [1.54, 1.807) is 13.4 Å². The number of methoxy groups -OCH3 is 1. The van der Waals surface area contributed by atoms with Crippen molar-refractivity contribution in [3.63, 3.8) is 0 Å². The maximum absolute atomic E-state index is 5.94. The third kappa shape index (κ3) is 2.83. The lowest BCUT2D eigenvalue weighted by Crippen LogP contribution is -2.04. The van der Waals surface area contributed by atoms with Crippen LogP contribution in [0.4, 0.5) is 0 Å². The van der Waals surface area contributed by atoms with Crippen LogP contribution < -0.4 is 14.2 Å². The minimum atomic E-state index is -0.0569. The Morgan fingerprint density at radius 1 is 1.29 bits per heavy atom. The van der Waals surface area contributed by atoms with Gasteiger partial charge in [-0.05, 0) is 36.2 Å². The minimum Gasteiger partial charge on any atom is -0.493 e. The van der Waals surface area contributed by atoms with Crippen molar-refractivity contribution in [2.45, 2.75) is 26.1 Å². The van der Waals surface area contributed by atoms with Gasteiger partial charge in [-0.3, -0.25) is 0 Å². The molecule has 1 unspecified atom stereocenters. The maximum atomic E-state index is 5.94. The predicted molar refractivity (Wildman–Crippen MR) is 75.6 cm³/mol. The molecule has 0 radical (unpaired) electrons. The van der Waals surface area contributed by atoms with Crippen LogP contribution in [-0.2, 0) is 11.3 Å². The first-order valence-electron chi connectivity index (χ1n) is 6.93. The molecule has 3 rings (SSSR count). The lowest BCUT2D eigenvalue weighted by molar-refractivity contribution is 0.0273. The summed E-state index contributed by atoms with van der Waals surface area (Å²) in [7, 11) is 1.62. The van der Waals surface area contributed by atoms with Crippen molar-refractivity contribution < 1.29 is 23.4 Å². The highest BCUT2D eigenvalue weighted by Crippen LogP contribution is 2.43. The van der Waals surface area contributed by atoms with Gasteiger partial charge in [-0.25, -0.2) is 0 Å². The predicted octanol–water partition coefficient (Wildman–Crippen LogP) is 3.68. The van der Waals surface area contributed by atoms with E-state index in [4.69, 9.17) is 23.4 Å². The van der Waals surface area contributed by atoms with Crippen molar-refractivity contribution in [2.24, 2.45) is 0 Å². The highest BCUT2D eigenvalue weighted by atomic mass is 16.7. The molecule has 0 spiro atoms. The Morgan fingerprint density at radius 3 is 2.90 bits per heavy atom. The fourth-order valence-electron chi connectivity index (χ4n) is 2.36. The van der Waals surface area contributed by atoms with E-state index in [0.29, 0.717) is 23.9 Å². The molecule has 112 valence electrons. The molecular formula is C16H18O5. The molecule has 2 heterocycles. The number of furan rings is 1. The largest absolute Gasteiger partial charge is 0.493 e. The molecule has 0 saturated heterocycles. The van der Waals surface area contributed by atoms with Crippen LogP contribution in [0.15, 0.2) is 34.9 Å². The second-order valence-electron chi connectivity index (χ2n) is 4.74. The van der Waals surface area contributed by atoms with Gasteiger partial charge in [0.15, 0.2) is 11.5 Å². The van der Waals surface area contributed by atoms with Crippen molar-refractivity contribution in [3.05, 3.63) is 41.9 Å². The molecule has 1 aromatic carbocycles. The third-order valence-corrected chi connectivity index (χ3v) is 3.43. The number of benzene rings is 1. The van der Waals surface area contributed by atoms with Crippen molar-refractivity contribution in [1.29, 1.82) is 0 Å². The molecular weight excluding hydrogens is 272 g/mol. The number of rotatable bonds is 6. The number of fused-ring (bicyclic) bond motifs is 1. The average molecular weight is 290 g/mol. The molecule has 0 aliphatic carbocycles. The molecule has 21 heavy (non-hydrogen) atoms. The molecule has 2 aromatic rings. The van der Waals surface area contributed by atoms with E-state index in [-0.39, 0.29) is 12.9 Å². The summed E-state index contributed by atoms with van der Waals surface area (Å²) in [5, 5.41) is 0. The van der Waals surface area contributed by atoms with Crippen LogP contribution in [0, 0.1) is 0 Å². The summed E-state index contributed by atoms with van der Waals surface area (Å²) in [6.07, 6.45) is 2.42. The molecule has 1 atom stereocenters. The highest BCUT2D eigenvalue weighted by Gasteiger charge is 2.23. The van der Waals surface area contributed by atoms with Gasteiger partial charge in [0.1, 0.15) is 12.4 Å². The zero-order chi connectivity index (χ0) is 14.7. The van der Waals surface area contributed by atoms with Crippen LogP contribution in [0.25, 0.3) is 0 Å². The van der Waals surface area contributed by atoms with E-state index in [0.717, 1.165) is 17.7 Å². The van der Waals surface area contributed by atoms with E-state index in [2.05, 4.69) is 6.92 Å². The summed E-state index contributed by atoms with van der Waals surface area (Å²) in [5.74, 6) is 2.83. The Morgan fingerprint density at radius 2 is 2.19 bits per heavy atom. The molecule has 1 aliphatic heterocycles. The van der Waals surface area contributed by atoms with Crippen molar-refractivity contribution in [3.8, 4) is 17.2 Å². The summed E-state index contributed by atoms with van der Waals surface area (Å²) >= 11 is 0. The van der Waals surface area contributed by atoms with Gasteiger partial charge in [-0.1, -0.05) is 6.92 Å². The first-order valence-corrected chi connectivity index (χ1v) is 6.93. The van der Waals surface area contributed by atoms with E-state index in [9.17, 15) is 0 Å². The van der Waals surface area contributed by atoms with Gasteiger partial charge in [0.05, 0.1) is 19.5 Å². The SMILES string of the molecule is CCC(OCc1ccco1)c1cc(OC)c2c(c1)OCO2. The molecule has 0 N–H and O–H groups in total. The third-order valence-electron chi connectivity index (χ3n) is 3.43. The van der Waals surface area contributed by atoms with Crippen LogP contribution in [0.1, 0.15) is 30.8 Å². The topological polar surface area (TPSA) is 50.1 Å². The molecule has 5 nitrogen and oxygen atoms in total. The lowest BCUT2D eigenvalue weighted by Gasteiger charge is -2.17. The minimum absolute atomic E-state index is 0.0569. The van der Waals surface area contributed by atoms with Crippen LogP contribution in [0.3, 0.4) is 0 Å². The number of ether oxygens (including phenoxy) is 4. The molecule has 5 heteroatoms. The Balaban J connectivity index is 1.80. The second kappa shape index (κ2) is 6.10. The highest BCUT2D eigenvalue weighted by molar-refractivity contribution is 5.55. The fraction of sp³-hybridized carbons (Fsp3) is 0.375. The van der Waals surface area contributed by atoms with Gasteiger partial charge in [-0.15, -0.1) is 0 Å². The Labute approximate surface area is 123 Å². The van der Waals surface area contributed by atoms with Crippen LogP contribution in [0.2, 0.25) is 0 Å². The van der Waals surface area contributed by atoms with Gasteiger partial charge < -0.3 is 23.4 Å². The van der Waals surface area contributed by atoms with E-state index in [1.807, 2.05) is 24.3 Å². The normalized spacial score (nSPS) is 14.2. The van der Waals surface area contributed by atoms with Gasteiger partial charge in [0, 0.05) is 0 Å². The van der Waals surface area contributed by atoms with Crippen molar-refractivity contribution in [2.75, 3.05) is 13.9 Å². The quantitative estimate of drug-likeness (QED) is 0.812. The Hall–Kier alpha value is -2.14. The van der Waals surface area contributed by atoms with Gasteiger partial charge >= 0.3 is 0 Å². The van der Waals surface area contributed by atoms with E-state index < -0.39 is 0 Å². The standard InChI is InChI=1S/C16H18O5/c1-3-13(19-9-12-5-4-6-18-12)11-7-14(17-2)16-15(8-11)20-10-21-16/h4-8,13H,3,9-10H2,1-2H3. The second-order valence-corrected chi connectivity index (χ2v) is 4.74. The van der Waals surface area contributed by atoms with E-state index in [1.165, 1.54) is 0 Å². The van der Waals surface area contributed by atoms with Crippen molar-refractivity contribution in [1.82, 2.24) is 0 Å². The smallest absolute Gasteiger partial charge is 0.231 e. The van der Waals surface area contributed by atoms with Crippen molar-refractivity contribution >= 4 is 0 Å². The Bertz CT molecular complexity index is 591. The molecule has 0 fully saturated rings. The number of hydrogen-bond acceptors (Lipinski definition) is 5. The summed E-state index contributed by atoms with van der Waals surface area (Å²) < 4.78 is 27.4. The van der Waals surface area contributed by atoms with Gasteiger partial charge in [-0.2, -0.15) is 0 Å². The first-order chi connectivity index (χ1) is 10.3. The first kappa shape index (κ1) is 13.8. The van der Waals surface area contributed by atoms with Crippen LogP contribution in [0.5, 0.6) is 17.2 Å². The molecule has 0 bridgehead atoms. The Kier molecular flexibility index (Phi) is 4.01. The summed E-state index contributed by atoms with van der Waals surface area (Å²) in [4.78, 5) is 0. The van der Waals surface area contributed by atoms with Gasteiger partial charge in [0.25, 0.3) is 0 Å². The van der Waals surface area contributed by atoms with E-state index >= 15 is 0 Å². The fourth-order valence-corrected chi connectivity index (χ4v) is 2.36. The van der Waals surface area contributed by atoms with Crippen LogP contribution >= 0.6 is 0 Å². The zero-order valence-electron chi connectivity index (χ0n) is 12.1.